The van der Waals surface area contributed by atoms with Gasteiger partial charge in [0.05, 0.1) is 18.0 Å². The second-order valence-electron chi connectivity index (χ2n) is 11.9. The van der Waals surface area contributed by atoms with E-state index in [0.717, 1.165) is 50.7 Å². The number of pyridine rings is 1. The van der Waals surface area contributed by atoms with Gasteiger partial charge >= 0.3 is 5.69 Å². The molecule has 0 radical (unpaired) electrons. The summed E-state index contributed by atoms with van der Waals surface area (Å²) in [6.07, 6.45) is 3.91. The van der Waals surface area contributed by atoms with Crippen molar-refractivity contribution in [2.45, 2.75) is 53.0 Å². The maximum Gasteiger partial charge on any atom is 0.354 e. The molecule has 0 bridgehead atoms. The van der Waals surface area contributed by atoms with Crippen molar-refractivity contribution >= 4 is 37.2 Å². The van der Waals surface area contributed by atoms with Gasteiger partial charge in [0.15, 0.2) is 5.75 Å². The van der Waals surface area contributed by atoms with Crippen molar-refractivity contribution in [3.63, 3.8) is 0 Å². The summed E-state index contributed by atoms with van der Waals surface area (Å²) in [6.45, 7) is 16.1. The van der Waals surface area contributed by atoms with Crippen molar-refractivity contribution in [2.24, 2.45) is 0 Å². The van der Waals surface area contributed by atoms with E-state index in [1.165, 1.54) is 11.6 Å². The smallest absolute Gasteiger partial charge is 0.354 e. The molecule has 1 fully saturated rings. The quantitative estimate of drug-likeness (QED) is 0.248. The summed E-state index contributed by atoms with van der Waals surface area (Å²) < 4.78 is 8.40. The van der Waals surface area contributed by atoms with E-state index in [4.69, 9.17) is 14.7 Å². The molecular weight excluding hydrogens is 557 g/mol. The first-order valence-corrected chi connectivity index (χ1v) is 15.4. The van der Waals surface area contributed by atoms with Gasteiger partial charge in [-0.25, -0.2) is 4.79 Å². The number of carbonyl (C=O) groups excluding carboxylic acids is 1. The minimum absolute atomic E-state index is 0.0608. The Morgan fingerprint density at radius 1 is 1.16 bits per heavy atom. The standard InChI is InChI=1S/C34H38N5O3P/c1-7-26(40)37-14-15-38(22(6)18-37)33-24-17-21(5)27-28-23(9-8-10-25(28)43)12-16-42-32(27)31(24)39(34(41)36-33)30-20(4)11-13-35-29(30)19(2)3/h7-11,13,17,19,22H,1,12,14-16,18,43H2,2-6H3/t22-/m0/s1. The fourth-order valence-corrected chi connectivity index (χ4v) is 7.07. The van der Waals surface area contributed by atoms with Gasteiger partial charge in [-0.1, -0.05) is 38.6 Å². The summed E-state index contributed by atoms with van der Waals surface area (Å²) in [6, 6.07) is 10.4. The van der Waals surface area contributed by atoms with E-state index >= 15 is 0 Å². The maximum absolute atomic E-state index is 14.4. The highest BCUT2D eigenvalue weighted by Gasteiger charge is 2.32. The Balaban J connectivity index is 1.72. The molecule has 8 nitrogen and oxygen atoms in total. The van der Waals surface area contributed by atoms with Crippen molar-refractivity contribution in [3.05, 3.63) is 82.1 Å². The summed E-state index contributed by atoms with van der Waals surface area (Å²) in [5, 5.41) is 1.93. The van der Waals surface area contributed by atoms with E-state index in [2.05, 4.69) is 72.7 Å². The minimum atomic E-state index is -0.379. The van der Waals surface area contributed by atoms with Gasteiger partial charge in [0.2, 0.25) is 5.91 Å². The summed E-state index contributed by atoms with van der Waals surface area (Å²) in [5.74, 6) is 1.29. The summed E-state index contributed by atoms with van der Waals surface area (Å²) in [4.78, 5) is 40.2. The molecule has 0 spiro atoms. The van der Waals surface area contributed by atoms with Crippen molar-refractivity contribution in [3.8, 4) is 22.6 Å². The zero-order valence-electron chi connectivity index (χ0n) is 25.5. The van der Waals surface area contributed by atoms with Gasteiger partial charge in [0, 0.05) is 49.2 Å². The summed E-state index contributed by atoms with van der Waals surface area (Å²) in [7, 11) is 2.88. The van der Waals surface area contributed by atoms with Gasteiger partial charge in [-0.3, -0.25) is 14.3 Å². The molecule has 43 heavy (non-hydrogen) atoms. The van der Waals surface area contributed by atoms with E-state index < -0.39 is 0 Å². The Bertz CT molecular complexity index is 1850. The van der Waals surface area contributed by atoms with Crippen LogP contribution in [0.2, 0.25) is 0 Å². The third-order valence-electron chi connectivity index (χ3n) is 8.67. The normalized spacial score (nSPS) is 16.5. The molecule has 2 aliphatic rings. The van der Waals surface area contributed by atoms with Crippen LogP contribution in [0.3, 0.4) is 0 Å². The van der Waals surface area contributed by atoms with Crippen LogP contribution in [0.5, 0.6) is 5.75 Å². The van der Waals surface area contributed by atoms with E-state index in [-0.39, 0.29) is 23.6 Å². The van der Waals surface area contributed by atoms with E-state index in [0.29, 0.717) is 43.3 Å². The van der Waals surface area contributed by atoms with Gasteiger partial charge in [-0.15, -0.1) is 9.24 Å². The Kier molecular flexibility index (Phi) is 7.59. The summed E-state index contributed by atoms with van der Waals surface area (Å²) >= 11 is 0. The molecule has 222 valence electrons. The topological polar surface area (TPSA) is 80.6 Å². The van der Waals surface area contributed by atoms with E-state index in [1.54, 1.807) is 15.7 Å². The number of piperazine rings is 1. The highest BCUT2D eigenvalue weighted by atomic mass is 31.0. The van der Waals surface area contributed by atoms with E-state index in [1.807, 2.05) is 13.0 Å². The Morgan fingerprint density at radius 2 is 1.95 bits per heavy atom. The lowest BCUT2D eigenvalue weighted by Crippen LogP contribution is -2.54. The molecule has 2 aromatic heterocycles. The number of amides is 1. The zero-order chi connectivity index (χ0) is 30.6. The molecule has 0 aliphatic carbocycles. The number of fused-ring (bicyclic) bond motifs is 5. The van der Waals surface area contributed by atoms with Crippen LogP contribution in [-0.4, -0.2) is 57.6 Å². The Labute approximate surface area is 254 Å². The van der Waals surface area contributed by atoms with Crippen LogP contribution in [-0.2, 0) is 11.2 Å². The third kappa shape index (κ3) is 4.82. The third-order valence-corrected chi connectivity index (χ3v) is 9.15. The Hall–Kier alpha value is -4.03. The number of carbonyl (C=O) groups is 1. The maximum atomic E-state index is 14.4. The fourth-order valence-electron chi connectivity index (χ4n) is 6.63. The van der Waals surface area contributed by atoms with Gasteiger partial charge in [0.25, 0.3) is 0 Å². The van der Waals surface area contributed by atoms with Crippen LogP contribution in [0, 0.1) is 13.8 Å². The van der Waals surface area contributed by atoms with Crippen LogP contribution < -0.4 is 20.6 Å². The first-order valence-electron chi connectivity index (χ1n) is 14.9. The first-order chi connectivity index (χ1) is 20.6. The van der Waals surface area contributed by atoms with Crippen LogP contribution in [0.4, 0.5) is 5.82 Å². The molecular formula is C34H38N5O3P. The number of rotatable bonds is 4. The molecule has 2 aliphatic heterocycles. The molecule has 1 amide bonds. The number of hydrogen-bond acceptors (Lipinski definition) is 6. The molecule has 4 heterocycles. The first kappa shape index (κ1) is 29.1. The highest BCUT2D eigenvalue weighted by molar-refractivity contribution is 7.28. The number of anilines is 1. The Morgan fingerprint density at radius 3 is 2.67 bits per heavy atom. The molecule has 1 unspecified atom stereocenters. The predicted molar refractivity (Wildman–Crippen MR) is 176 cm³/mol. The van der Waals surface area contributed by atoms with Crippen molar-refractivity contribution in [2.75, 3.05) is 31.1 Å². The van der Waals surface area contributed by atoms with Gasteiger partial charge in [0.1, 0.15) is 11.3 Å². The average molecular weight is 596 g/mol. The largest absolute Gasteiger partial charge is 0.490 e. The lowest BCUT2D eigenvalue weighted by Gasteiger charge is -2.40. The minimum Gasteiger partial charge on any atom is -0.490 e. The summed E-state index contributed by atoms with van der Waals surface area (Å²) in [5.41, 5.74) is 7.24. The molecule has 9 heteroatoms. The number of aryl methyl sites for hydroxylation is 2. The van der Waals surface area contributed by atoms with Crippen molar-refractivity contribution in [1.82, 2.24) is 19.4 Å². The number of ether oxygens (including phenoxy) is 1. The van der Waals surface area contributed by atoms with Crippen molar-refractivity contribution < 1.29 is 9.53 Å². The van der Waals surface area contributed by atoms with E-state index in [9.17, 15) is 9.59 Å². The lowest BCUT2D eigenvalue weighted by atomic mass is 9.92. The molecule has 6 rings (SSSR count). The number of hydrogen-bond donors (Lipinski definition) is 0. The molecule has 2 atom stereocenters. The molecule has 1 saturated heterocycles. The molecule has 4 aromatic rings. The van der Waals surface area contributed by atoms with Crippen LogP contribution >= 0.6 is 9.24 Å². The molecule has 0 N–H and O–H groups in total. The van der Waals surface area contributed by atoms with Gasteiger partial charge in [-0.2, -0.15) is 4.98 Å². The lowest BCUT2D eigenvalue weighted by molar-refractivity contribution is -0.126. The predicted octanol–water partition coefficient (Wildman–Crippen LogP) is 4.85. The number of nitrogens with zero attached hydrogens (tertiary/aromatic N) is 5. The monoisotopic (exact) mass is 595 g/mol. The zero-order valence-corrected chi connectivity index (χ0v) is 26.6. The highest BCUT2D eigenvalue weighted by Crippen LogP contribution is 2.45. The van der Waals surface area contributed by atoms with Crippen molar-refractivity contribution in [1.29, 1.82) is 0 Å². The van der Waals surface area contributed by atoms with Gasteiger partial charge < -0.3 is 14.5 Å². The molecule has 0 saturated carbocycles. The van der Waals surface area contributed by atoms with Crippen LogP contribution in [0.25, 0.3) is 27.7 Å². The second-order valence-corrected chi connectivity index (χ2v) is 12.5. The van der Waals surface area contributed by atoms with Crippen LogP contribution in [0.1, 0.15) is 49.1 Å². The molecule has 2 aromatic carbocycles. The number of benzene rings is 2. The number of aromatic nitrogens is 3. The fraction of sp³-hybridized carbons (Fsp3) is 0.353. The second kappa shape index (κ2) is 11.2. The average Bonchev–Trinajstić information content (AvgIpc) is 3.18. The van der Waals surface area contributed by atoms with Crippen LogP contribution in [0.15, 0.2) is 54.0 Å². The van der Waals surface area contributed by atoms with Gasteiger partial charge in [-0.05, 0) is 72.5 Å². The SMILES string of the molecule is C=CC(=O)N1CCN(c2nc(=O)n(-c3c(C)ccnc3C(C)C)c3c4c(c(C)cc23)-c2c(P)cccc2CCO4)[C@@H](C)C1.